The van der Waals surface area contributed by atoms with Gasteiger partial charge >= 0.3 is 0 Å². The summed E-state index contributed by atoms with van der Waals surface area (Å²) in [6.07, 6.45) is 0. The molecule has 2 aromatic rings. The van der Waals surface area contributed by atoms with Crippen LogP contribution in [0, 0.1) is 0 Å². The Labute approximate surface area is 91.4 Å². The van der Waals surface area contributed by atoms with E-state index >= 15 is 0 Å². The van der Waals surface area contributed by atoms with Crippen molar-refractivity contribution in [3.05, 3.63) is 71.8 Å². The molecule has 0 atom stereocenters. The van der Waals surface area contributed by atoms with Gasteiger partial charge in [-0.2, -0.15) is 0 Å². The van der Waals surface area contributed by atoms with E-state index in [0.29, 0.717) is 8.58 Å². The lowest BCUT2D eigenvalue weighted by Gasteiger charge is -1.87. The molecule has 0 aliphatic carbocycles. The molecule has 0 unspecified atom stereocenters. The average Bonchev–Trinajstić information content (AvgIpc) is 3.11. The van der Waals surface area contributed by atoms with Gasteiger partial charge in [0.1, 0.15) is 10.6 Å². The fourth-order valence-corrected chi connectivity index (χ4v) is 3.09. The summed E-state index contributed by atoms with van der Waals surface area (Å²) in [5.41, 5.74) is 2.82. The summed E-state index contributed by atoms with van der Waals surface area (Å²) in [6, 6.07) is 21.4. The summed E-state index contributed by atoms with van der Waals surface area (Å²) in [7, 11) is 0.418. The monoisotopic (exact) mass is 211 g/mol. The van der Waals surface area contributed by atoms with E-state index in [1.54, 1.807) is 10.6 Å². The molecule has 1 aliphatic heterocycles. The minimum absolute atomic E-state index is 0.418. The van der Waals surface area contributed by atoms with Gasteiger partial charge in [-0.1, -0.05) is 60.7 Å². The summed E-state index contributed by atoms with van der Waals surface area (Å²) in [5, 5.41) is 3.17. The number of hydrogen-bond donors (Lipinski definition) is 0. The first kappa shape index (κ1) is 8.88. The zero-order valence-electron chi connectivity index (χ0n) is 8.35. The van der Waals surface area contributed by atoms with E-state index in [0.717, 1.165) is 0 Å². The molecule has 0 N–H and O–H groups in total. The lowest BCUT2D eigenvalue weighted by Crippen LogP contribution is -1.70. The predicted molar refractivity (Wildman–Crippen MR) is 69.4 cm³/mol. The van der Waals surface area contributed by atoms with Gasteiger partial charge in [0, 0.05) is 11.1 Å². The second-order valence-corrected chi connectivity index (χ2v) is 5.15. The van der Waals surface area contributed by atoms with E-state index < -0.39 is 0 Å². The number of hydrogen-bond acceptors (Lipinski definition) is 0. The number of benzene rings is 2. The Morgan fingerprint density at radius 1 is 0.533 bits per heavy atom. The van der Waals surface area contributed by atoms with Crippen LogP contribution in [0.5, 0.6) is 0 Å². The van der Waals surface area contributed by atoms with Crippen LogP contribution in [-0.4, -0.2) is 0 Å². The highest BCUT2D eigenvalue weighted by molar-refractivity contribution is 7.73. The molecule has 0 aromatic heterocycles. The minimum Gasteiger partial charge on any atom is -0.0622 e. The number of rotatable bonds is 2. The lowest BCUT2D eigenvalue weighted by molar-refractivity contribution is 1.65. The third kappa shape index (κ3) is 1.73. The highest BCUT2D eigenvalue weighted by Gasteiger charge is 2.34. The molecule has 0 saturated heterocycles. The molecular formula is C14H12P+. The molecule has 0 fully saturated rings. The first-order valence-electron chi connectivity index (χ1n) is 5.15. The van der Waals surface area contributed by atoms with Crippen molar-refractivity contribution in [1.29, 1.82) is 0 Å². The maximum atomic E-state index is 2.21. The average molecular weight is 211 g/mol. The fourth-order valence-electron chi connectivity index (χ4n) is 1.82. The smallest absolute Gasteiger partial charge is 0.0622 e. The van der Waals surface area contributed by atoms with Crippen molar-refractivity contribution in [2.24, 2.45) is 0 Å². The van der Waals surface area contributed by atoms with Gasteiger partial charge in [0.25, 0.3) is 0 Å². The Morgan fingerprint density at radius 3 is 1.33 bits per heavy atom. The largest absolute Gasteiger partial charge is 0.144 e. The summed E-state index contributed by atoms with van der Waals surface area (Å²) >= 11 is 0. The van der Waals surface area contributed by atoms with Crippen LogP contribution in [0.4, 0.5) is 0 Å². The zero-order chi connectivity index (χ0) is 10.1. The SMILES string of the molecule is c1ccc(C2=C(c3ccccc3)[PH2+]2)cc1. The summed E-state index contributed by atoms with van der Waals surface area (Å²) in [5.74, 6) is 0. The Hall–Kier alpha value is -1.39. The van der Waals surface area contributed by atoms with Gasteiger partial charge in [-0.05, 0) is 0 Å². The van der Waals surface area contributed by atoms with E-state index in [1.165, 1.54) is 11.1 Å². The molecule has 72 valence electrons. The lowest BCUT2D eigenvalue weighted by atomic mass is 10.1. The Kier molecular flexibility index (Phi) is 2.16. The van der Waals surface area contributed by atoms with Gasteiger partial charge in [0.15, 0.2) is 0 Å². The molecule has 0 bridgehead atoms. The summed E-state index contributed by atoms with van der Waals surface area (Å²) in [4.78, 5) is 0. The molecule has 0 radical (unpaired) electrons. The van der Waals surface area contributed by atoms with Crippen LogP contribution in [0.25, 0.3) is 10.6 Å². The van der Waals surface area contributed by atoms with E-state index in [9.17, 15) is 0 Å². The topological polar surface area (TPSA) is 0 Å². The highest BCUT2D eigenvalue weighted by atomic mass is 31.1. The molecular weight excluding hydrogens is 199 g/mol. The normalized spacial score (nSPS) is 14.1. The first-order chi connectivity index (χ1) is 7.45. The predicted octanol–water partition coefficient (Wildman–Crippen LogP) is 3.94. The zero-order valence-corrected chi connectivity index (χ0v) is 9.51. The van der Waals surface area contributed by atoms with Crippen molar-refractivity contribution in [2.75, 3.05) is 0 Å². The van der Waals surface area contributed by atoms with Crippen LogP contribution < -0.4 is 0 Å². The van der Waals surface area contributed by atoms with Crippen LogP contribution in [0.3, 0.4) is 0 Å². The van der Waals surface area contributed by atoms with E-state index in [2.05, 4.69) is 60.7 Å². The van der Waals surface area contributed by atoms with E-state index in [-0.39, 0.29) is 0 Å². The van der Waals surface area contributed by atoms with Gasteiger partial charge in [-0.15, -0.1) is 0 Å². The molecule has 1 heteroatoms. The molecule has 0 saturated carbocycles. The van der Waals surface area contributed by atoms with Crippen molar-refractivity contribution >= 4 is 19.2 Å². The second-order valence-electron chi connectivity index (χ2n) is 3.70. The molecule has 3 rings (SSSR count). The molecule has 1 aliphatic rings. The van der Waals surface area contributed by atoms with Crippen molar-refractivity contribution in [2.45, 2.75) is 0 Å². The maximum absolute atomic E-state index is 2.21. The van der Waals surface area contributed by atoms with Crippen molar-refractivity contribution in [1.82, 2.24) is 0 Å². The Bertz CT molecular complexity index is 450. The summed E-state index contributed by atoms with van der Waals surface area (Å²) < 4.78 is 0. The van der Waals surface area contributed by atoms with Gasteiger partial charge in [-0.3, -0.25) is 0 Å². The first-order valence-corrected chi connectivity index (χ1v) is 6.30. The van der Waals surface area contributed by atoms with Crippen molar-refractivity contribution in [3.63, 3.8) is 0 Å². The quantitative estimate of drug-likeness (QED) is 0.660. The molecule has 2 aromatic carbocycles. The third-order valence-corrected chi connectivity index (χ3v) is 4.20. The van der Waals surface area contributed by atoms with Gasteiger partial charge in [0.2, 0.25) is 0 Å². The van der Waals surface area contributed by atoms with Crippen LogP contribution in [0.1, 0.15) is 11.1 Å². The van der Waals surface area contributed by atoms with Crippen LogP contribution >= 0.6 is 8.58 Å². The highest BCUT2D eigenvalue weighted by Crippen LogP contribution is 2.64. The molecule has 1 heterocycles. The van der Waals surface area contributed by atoms with Crippen LogP contribution in [0.15, 0.2) is 60.7 Å². The molecule has 0 nitrogen and oxygen atoms in total. The standard InChI is InChI=1S/C14H11P/c1-3-7-11(8-4-1)13-14(15-13)12-9-5-2-6-10-12/h1-10,15H/p+1. The van der Waals surface area contributed by atoms with E-state index in [4.69, 9.17) is 0 Å². The minimum atomic E-state index is 0.418. The maximum Gasteiger partial charge on any atom is 0.144 e. The molecule has 0 amide bonds. The molecule has 0 spiro atoms. The molecule has 15 heavy (non-hydrogen) atoms. The Morgan fingerprint density at radius 2 is 0.933 bits per heavy atom. The van der Waals surface area contributed by atoms with Gasteiger partial charge in [-0.25, -0.2) is 0 Å². The fraction of sp³-hybridized carbons (Fsp3) is 0. The van der Waals surface area contributed by atoms with Crippen LogP contribution in [-0.2, 0) is 0 Å². The summed E-state index contributed by atoms with van der Waals surface area (Å²) in [6.45, 7) is 0. The van der Waals surface area contributed by atoms with Gasteiger partial charge < -0.3 is 0 Å². The second kappa shape index (κ2) is 3.64. The van der Waals surface area contributed by atoms with Crippen molar-refractivity contribution < 1.29 is 0 Å². The van der Waals surface area contributed by atoms with E-state index in [1.807, 2.05) is 0 Å². The van der Waals surface area contributed by atoms with Crippen molar-refractivity contribution in [3.8, 4) is 0 Å². The van der Waals surface area contributed by atoms with Gasteiger partial charge in [0.05, 0.1) is 8.58 Å². The third-order valence-electron chi connectivity index (χ3n) is 2.67. The Balaban J connectivity index is 1.97. The van der Waals surface area contributed by atoms with Crippen LogP contribution in [0.2, 0.25) is 0 Å².